The second-order valence-electron chi connectivity index (χ2n) is 7.22. The maximum atomic E-state index is 12.3. The molecule has 0 aliphatic rings. The van der Waals surface area contributed by atoms with Gasteiger partial charge in [0, 0.05) is 24.7 Å². The minimum absolute atomic E-state index is 0.0600. The van der Waals surface area contributed by atoms with Crippen molar-refractivity contribution in [3.8, 4) is 0 Å². The van der Waals surface area contributed by atoms with Crippen LogP contribution in [0.25, 0.3) is 0 Å². The van der Waals surface area contributed by atoms with E-state index in [2.05, 4.69) is 15.7 Å². The molecule has 2 rings (SSSR count). The van der Waals surface area contributed by atoms with Crippen LogP contribution in [-0.4, -0.2) is 28.1 Å². The van der Waals surface area contributed by atoms with E-state index >= 15 is 0 Å². The SMILES string of the molecule is Cc1cnn(CCCNC(=O)c2sc(NC(=O)C(C)(C)C)cc2C)c1. The van der Waals surface area contributed by atoms with Crippen LogP contribution in [0.3, 0.4) is 0 Å². The molecular weight excluding hydrogens is 336 g/mol. The van der Waals surface area contributed by atoms with Crippen molar-refractivity contribution in [3.63, 3.8) is 0 Å². The Balaban J connectivity index is 1.86. The first-order chi connectivity index (χ1) is 11.7. The molecule has 25 heavy (non-hydrogen) atoms. The van der Waals surface area contributed by atoms with Gasteiger partial charge in [0.05, 0.1) is 16.1 Å². The second kappa shape index (κ2) is 7.82. The number of carbonyl (C=O) groups excluding carboxylic acids is 2. The summed E-state index contributed by atoms with van der Waals surface area (Å²) in [5.74, 6) is -0.161. The average molecular weight is 362 g/mol. The highest BCUT2D eigenvalue weighted by Gasteiger charge is 2.22. The van der Waals surface area contributed by atoms with Crippen molar-refractivity contribution in [1.29, 1.82) is 0 Å². The summed E-state index contributed by atoms with van der Waals surface area (Å²) in [6.07, 6.45) is 4.61. The fourth-order valence-electron chi connectivity index (χ4n) is 2.18. The molecular formula is C18H26N4O2S. The van der Waals surface area contributed by atoms with Crippen LogP contribution in [0.4, 0.5) is 5.00 Å². The van der Waals surface area contributed by atoms with Crippen LogP contribution >= 0.6 is 11.3 Å². The summed E-state index contributed by atoms with van der Waals surface area (Å²) in [5.41, 5.74) is 1.53. The Morgan fingerprint density at radius 1 is 1.28 bits per heavy atom. The van der Waals surface area contributed by atoms with Gasteiger partial charge in [-0.05, 0) is 37.5 Å². The first-order valence-corrected chi connectivity index (χ1v) is 9.17. The molecule has 2 amide bonds. The van der Waals surface area contributed by atoms with E-state index < -0.39 is 5.41 Å². The highest BCUT2D eigenvalue weighted by atomic mass is 32.1. The number of hydrogen-bond donors (Lipinski definition) is 2. The lowest BCUT2D eigenvalue weighted by atomic mass is 9.96. The third-order valence-corrected chi connectivity index (χ3v) is 4.81. The molecule has 2 heterocycles. The summed E-state index contributed by atoms with van der Waals surface area (Å²) in [6.45, 7) is 10.8. The van der Waals surface area contributed by atoms with Crippen molar-refractivity contribution in [1.82, 2.24) is 15.1 Å². The number of amides is 2. The highest BCUT2D eigenvalue weighted by Crippen LogP contribution is 2.28. The van der Waals surface area contributed by atoms with E-state index in [-0.39, 0.29) is 11.8 Å². The normalized spacial score (nSPS) is 11.4. The quantitative estimate of drug-likeness (QED) is 0.774. The molecule has 2 aromatic rings. The second-order valence-corrected chi connectivity index (χ2v) is 8.27. The van der Waals surface area contributed by atoms with E-state index in [0.717, 1.165) is 24.1 Å². The van der Waals surface area contributed by atoms with Crippen LogP contribution in [0.5, 0.6) is 0 Å². The van der Waals surface area contributed by atoms with Gasteiger partial charge in [-0.3, -0.25) is 14.3 Å². The first-order valence-electron chi connectivity index (χ1n) is 8.36. The topological polar surface area (TPSA) is 76.0 Å². The van der Waals surface area contributed by atoms with E-state index in [1.807, 2.05) is 57.8 Å². The standard InChI is InChI=1S/C18H26N4O2S/c1-12-10-20-22(11-12)8-6-7-19-16(23)15-13(2)9-14(25-15)21-17(24)18(3,4)5/h9-11H,6-8H2,1-5H3,(H,19,23)(H,21,24). The van der Waals surface area contributed by atoms with Crippen LogP contribution in [-0.2, 0) is 11.3 Å². The zero-order valence-electron chi connectivity index (χ0n) is 15.5. The van der Waals surface area contributed by atoms with E-state index in [0.29, 0.717) is 16.4 Å². The summed E-state index contributed by atoms with van der Waals surface area (Å²) in [4.78, 5) is 25.0. The lowest BCUT2D eigenvalue weighted by Gasteiger charge is -2.16. The Hall–Kier alpha value is -2.15. The molecule has 6 nitrogen and oxygen atoms in total. The number of nitrogens with one attached hydrogen (secondary N) is 2. The Morgan fingerprint density at radius 2 is 2.00 bits per heavy atom. The fourth-order valence-corrected chi connectivity index (χ4v) is 3.17. The monoisotopic (exact) mass is 362 g/mol. The molecule has 2 N–H and O–H groups in total. The predicted molar refractivity (Wildman–Crippen MR) is 101 cm³/mol. The Labute approximate surface area is 152 Å². The number of aryl methyl sites for hydroxylation is 3. The van der Waals surface area contributed by atoms with Gasteiger partial charge < -0.3 is 10.6 Å². The van der Waals surface area contributed by atoms with Gasteiger partial charge in [-0.1, -0.05) is 20.8 Å². The molecule has 0 fully saturated rings. The van der Waals surface area contributed by atoms with Crippen LogP contribution in [0.15, 0.2) is 18.5 Å². The van der Waals surface area contributed by atoms with Crippen molar-refractivity contribution in [3.05, 3.63) is 34.5 Å². The van der Waals surface area contributed by atoms with Gasteiger partial charge in [-0.2, -0.15) is 5.10 Å². The van der Waals surface area contributed by atoms with E-state index in [1.165, 1.54) is 11.3 Å². The van der Waals surface area contributed by atoms with Gasteiger partial charge in [0.15, 0.2) is 0 Å². The Kier molecular flexibility index (Phi) is 6.00. The molecule has 0 saturated heterocycles. The van der Waals surface area contributed by atoms with Gasteiger partial charge in [0.1, 0.15) is 0 Å². The van der Waals surface area contributed by atoms with Gasteiger partial charge in [0.2, 0.25) is 5.91 Å². The summed E-state index contributed by atoms with van der Waals surface area (Å²) in [7, 11) is 0. The lowest BCUT2D eigenvalue weighted by molar-refractivity contribution is -0.123. The molecule has 0 aliphatic carbocycles. The van der Waals surface area contributed by atoms with Crippen LogP contribution in [0.1, 0.15) is 48.0 Å². The van der Waals surface area contributed by atoms with Gasteiger partial charge in [-0.25, -0.2) is 0 Å². The summed E-state index contributed by atoms with van der Waals surface area (Å²) in [6, 6.07) is 1.84. The Morgan fingerprint density at radius 3 is 2.60 bits per heavy atom. The number of hydrogen-bond acceptors (Lipinski definition) is 4. The van der Waals surface area contributed by atoms with Crippen LogP contribution in [0, 0.1) is 19.3 Å². The molecule has 0 radical (unpaired) electrons. The number of aromatic nitrogens is 2. The fraction of sp³-hybridized carbons (Fsp3) is 0.500. The zero-order valence-corrected chi connectivity index (χ0v) is 16.3. The van der Waals surface area contributed by atoms with E-state index in [1.54, 1.807) is 0 Å². The number of rotatable bonds is 6. The summed E-state index contributed by atoms with van der Waals surface area (Å²) in [5, 5.41) is 10.7. The maximum Gasteiger partial charge on any atom is 0.261 e. The maximum absolute atomic E-state index is 12.3. The van der Waals surface area contributed by atoms with Gasteiger partial charge in [-0.15, -0.1) is 11.3 Å². The minimum atomic E-state index is -0.467. The van der Waals surface area contributed by atoms with Gasteiger partial charge >= 0.3 is 0 Å². The van der Waals surface area contributed by atoms with E-state index in [4.69, 9.17) is 0 Å². The van der Waals surface area contributed by atoms with Crippen molar-refractivity contribution >= 4 is 28.2 Å². The number of nitrogens with zero attached hydrogens (tertiary/aromatic N) is 2. The van der Waals surface area contributed by atoms with Crippen LogP contribution < -0.4 is 10.6 Å². The molecule has 0 aliphatic heterocycles. The van der Waals surface area contributed by atoms with E-state index in [9.17, 15) is 9.59 Å². The minimum Gasteiger partial charge on any atom is -0.351 e. The molecule has 0 aromatic carbocycles. The predicted octanol–water partition coefficient (Wildman–Crippen LogP) is 3.37. The number of thiophene rings is 1. The van der Waals surface area contributed by atoms with Crippen LogP contribution in [0.2, 0.25) is 0 Å². The number of anilines is 1. The molecule has 0 atom stereocenters. The zero-order chi connectivity index (χ0) is 18.6. The van der Waals surface area contributed by atoms with Crippen molar-refractivity contribution < 1.29 is 9.59 Å². The molecule has 0 spiro atoms. The molecule has 0 bridgehead atoms. The van der Waals surface area contributed by atoms with Crippen molar-refractivity contribution in [2.24, 2.45) is 5.41 Å². The molecule has 136 valence electrons. The molecule has 0 unspecified atom stereocenters. The average Bonchev–Trinajstić information content (AvgIpc) is 3.08. The summed E-state index contributed by atoms with van der Waals surface area (Å²) >= 11 is 1.31. The highest BCUT2D eigenvalue weighted by molar-refractivity contribution is 7.18. The smallest absolute Gasteiger partial charge is 0.261 e. The van der Waals surface area contributed by atoms with Crippen molar-refractivity contribution in [2.45, 2.75) is 47.6 Å². The molecule has 2 aromatic heterocycles. The largest absolute Gasteiger partial charge is 0.351 e. The lowest BCUT2D eigenvalue weighted by Crippen LogP contribution is -2.27. The number of carbonyl (C=O) groups is 2. The van der Waals surface area contributed by atoms with Crippen molar-refractivity contribution in [2.75, 3.05) is 11.9 Å². The Bertz CT molecular complexity index is 755. The van der Waals surface area contributed by atoms with Gasteiger partial charge in [0.25, 0.3) is 5.91 Å². The third-order valence-electron chi connectivity index (χ3n) is 3.65. The molecule has 0 saturated carbocycles. The first kappa shape index (κ1) is 19.2. The third kappa shape index (κ3) is 5.42. The summed E-state index contributed by atoms with van der Waals surface area (Å²) < 4.78 is 1.87. The molecule has 7 heteroatoms.